The van der Waals surface area contributed by atoms with Gasteiger partial charge in [0.2, 0.25) is 0 Å². The van der Waals surface area contributed by atoms with Crippen LogP contribution < -0.4 is 4.74 Å². The zero-order valence-electron chi connectivity index (χ0n) is 22.0. The topological polar surface area (TPSA) is 87.0 Å². The molecule has 1 aliphatic heterocycles. The highest BCUT2D eigenvalue weighted by Gasteiger charge is 2.36. The number of hydrogen-bond acceptors (Lipinski definition) is 5. The minimum absolute atomic E-state index is 0.0627. The average molecular weight is 491 g/mol. The van der Waals surface area contributed by atoms with Crippen molar-refractivity contribution in [2.24, 2.45) is 5.92 Å². The molecule has 5 nitrogen and oxygen atoms in total. The van der Waals surface area contributed by atoms with Gasteiger partial charge in [-0.1, -0.05) is 47.1 Å². The Bertz CT molecular complexity index is 1190. The zero-order valence-corrected chi connectivity index (χ0v) is 22.0. The molecule has 5 heteroatoms. The lowest BCUT2D eigenvalue weighted by molar-refractivity contribution is 0.0823. The standard InChI is InChI=1S/C31H38O5/c1-19(2)7-6-8-21(5)10-16-25-26(15-9-20(3)4)31-27(30(35)29(25)34)28(33)23(18-36-31)17-22-11-13-24(32)14-12-22/h7,9-14,23,32,34-35H,6,8,15-18H2,1-5H3/b21-10+/t23-/m1/s1. The molecule has 0 radical (unpaired) electrons. The van der Waals surface area contributed by atoms with E-state index in [4.69, 9.17) is 4.74 Å². The molecule has 0 saturated carbocycles. The lowest BCUT2D eigenvalue weighted by Gasteiger charge is -2.28. The van der Waals surface area contributed by atoms with Crippen LogP contribution in [0.5, 0.6) is 23.0 Å². The Morgan fingerprint density at radius 3 is 2.17 bits per heavy atom. The van der Waals surface area contributed by atoms with Gasteiger partial charge in [0, 0.05) is 11.1 Å². The first-order valence-electron chi connectivity index (χ1n) is 12.5. The number of fused-ring (bicyclic) bond motifs is 1. The van der Waals surface area contributed by atoms with Crippen LogP contribution in [0.1, 0.15) is 74.5 Å². The number of rotatable bonds is 9. The molecule has 0 bridgehead atoms. The van der Waals surface area contributed by atoms with Crippen molar-refractivity contribution in [1.82, 2.24) is 0 Å². The first-order chi connectivity index (χ1) is 17.1. The lowest BCUT2D eigenvalue weighted by atomic mass is 9.85. The van der Waals surface area contributed by atoms with Gasteiger partial charge in [0.15, 0.2) is 17.3 Å². The number of phenols is 3. The Morgan fingerprint density at radius 1 is 0.889 bits per heavy atom. The summed E-state index contributed by atoms with van der Waals surface area (Å²) in [5.41, 5.74) is 5.88. The summed E-state index contributed by atoms with van der Waals surface area (Å²) in [4.78, 5) is 13.5. The van der Waals surface area contributed by atoms with Crippen molar-refractivity contribution in [3.63, 3.8) is 0 Å². The number of ether oxygens (including phenoxy) is 1. The van der Waals surface area contributed by atoms with Crippen LogP contribution in [-0.2, 0) is 19.3 Å². The van der Waals surface area contributed by atoms with Crippen molar-refractivity contribution >= 4 is 5.78 Å². The van der Waals surface area contributed by atoms with Crippen LogP contribution in [0.2, 0.25) is 0 Å². The van der Waals surface area contributed by atoms with Crippen LogP contribution in [0.15, 0.2) is 59.2 Å². The quantitative estimate of drug-likeness (QED) is 0.261. The average Bonchev–Trinajstić information content (AvgIpc) is 2.82. The number of allylic oxidation sites excluding steroid dienone is 6. The van der Waals surface area contributed by atoms with Crippen LogP contribution in [0.25, 0.3) is 0 Å². The summed E-state index contributed by atoms with van der Waals surface area (Å²) in [7, 11) is 0. The molecular formula is C31H38O5. The molecule has 0 saturated heterocycles. The van der Waals surface area contributed by atoms with Gasteiger partial charge in [-0.3, -0.25) is 4.79 Å². The van der Waals surface area contributed by atoms with Crippen LogP contribution in [-0.4, -0.2) is 27.7 Å². The maximum atomic E-state index is 13.5. The van der Waals surface area contributed by atoms with Crippen LogP contribution in [0, 0.1) is 5.92 Å². The predicted octanol–water partition coefficient (Wildman–Crippen LogP) is 6.98. The van der Waals surface area contributed by atoms with E-state index in [1.54, 1.807) is 24.3 Å². The molecule has 0 amide bonds. The van der Waals surface area contributed by atoms with Gasteiger partial charge in [-0.15, -0.1) is 0 Å². The number of phenolic OH excluding ortho intramolecular Hbond substituents is 3. The van der Waals surface area contributed by atoms with E-state index in [1.807, 2.05) is 19.9 Å². The number of ketones is 1. The van der Waals surface area contributed by atoms with Crippen molar-refractivity contribution in [3.05, 3.63) is 81.5 Å². The van der Waals surface area contributed by atoms with E-state index in [1.165, 1.54) is 11.1 Å². The van der Waals surface area contributed by atoms with E-state index < -0.39 is 11.7 Å². The normalized spacial score (nSPS) is 15.2. The number of hydrogen-bond donors (Lipinski definition) is 3. The van der Waals surface area contributed by atoms with Gasteiger partial charge < -0.3 is 20.1 Å². The number of aromatic hydroxyl groups is 3. The van der Waals surface area contributed by atoms with Gasteiger partial charge >= 0.3 is 0 Å². The second-order valence-electron chi connectivity index (χ2n) is 10.2. The molecule has 0 fully saturated rings. The van der Waals surface area contributed by atoms with Crippen molar-refractivity contribution < 1.29 is 24.9 Å². The van der Waals surface area contributed by atoms with Crippen molar-refractivity contribution in [2.45, 2.75) is 66.7 Å². The number of benzene rings is 2. The molecular weight excluding hydrogens is 452 g/mol. The summed E-state index contributed by atoms with van der Waals surface area (Å²) < 4.78 is 6.14. The highest BCUT2D eigenvalue weighted by molar-refractivity contribution is 6.05. The molecule has 1 atom stereocenters. The molecule has 3 N–H and O–H groups in total. The smallest absolute Gasteiger partial charge is 0.177 e. The zero-order chi connectivity index (χ0) is 26.4. The van der Waals surface area contributed by atoms with Crippen LogP contribution in [0.4, 0.5) is 0 Å². The fraction of sp³-hybridized carbons (Fsp3) is 0.387. The second-order valence-corrected chi connectivity index (χ2v) is 10.2. The molecule has 1 heterocycles. The molecule has 36 heavy (non-hydrogen) atoms. The van der Waals surface area contributed by atoms with Gasteiger partial charge in [-0.2, -0.15) is 0 Å². The van der Waals surface area contributed by atoms with E-state index in [0.717, 1.165) is 29.5 Å². The van der Waals surface area contributed by atoms with E-state index >= 15 is 0 Å². The van der Waals surface area contributed by atoms with Crippen LogP contribution in [0.3, 0.4) is 0 Å². The van der Waals surface area contributed by atoms with E-state index in [9.17, 15) is 20.1 Å². The second kappa shape index (κ2) is 12.0. The third-order valence-electron chi connectivity index (χ3n) is 6.54. The maximum Gasteiger partial charge on any atom is 0.177 e. The molecule has 192 valence electrons. The molecule has 2 aromatic carbocycles. The molecule has 0 aromatic heterocycles. The van der Waals surface area contributed by atoms with Gasteiger partial charge in [0.05, 0.1) is 12.5 Å². The minimum atomic E-state index is -0.494. The summed E-state index contributed by atoms with van der Waals surface area (Å²) in [5.74, 6) is -0.850. The van der Waals surface area contributed by atoms with Gasteiger partial charge in [0.25, 0.3) is 0 Å². The van der Waals surface area contributed by atoms with E-state index in [-0.39, 0.29) is 29.5 Å². The van der Waals surface area contributed by atoms with Gasteiger partial charge in [-0.25, -0.2) is 0 Å². The number of carbonyl (C=O) groups is 1. The van der Waals surface area contributed by atoms with E-state index in [0.29, 0.717) is 30.6 Å². The number of Topliss-reactive ketones (excluding diaryl/α,β-unsaturated/α-hetero) is 1. The van der Waals surface area contributed by atoms with Gasteiger partial charge in [0.1, 0.15) is 17.1 Å². The first-order valence-corrected chi connectivity index (χ1v) is 12.5. The highest BCUT2D eigenvalue weighted by Crippen LogP contribution is 2.47. The van der Waals surface area contributed by atoms with Crippen molar-refractivity contribution in [2.75, 3.05) is 6.61 Å². The Kier molecular flexibility index (Phi) is 9.03. The predicted molar refractivity (Wildman–Crippen MR) is 144 cm³/mol. The van der Waals surface area contributed by atoms with E-state index in [2.05, 4.69) is 32.9 Å². The first kappa shape index (κ1) is 27.1. The van der Waals surface area contributed by atoms with Crippen LogP contribution >= 0.6 is 0 Å². The third kappa shape index (κ3) is 6.60. The minimum Gasteiger partial charge on any atom is -0.508 e. The van der Waals surface area contributed by atoms with Crippen molar-refractivity contribution in [3.8, 4) is 23.0 Å². The summed E-state index contributed by atoms with van der Waals surface area (Å²) in [6.07, 6.45) is 9.53. The van der Waals surface area contributed by atoms with Gasteiger partial charge in [-0.05, 0) is 84.4 Å². The summed E-state index contributed by atoms with van der Waals surface area (Å²) >= 11 is 0. The SMILES string of the molecule is CC(C)=CCC/C(C)=C/Cc1c(O)c(O)c2c(c1CC=C(C)C)OC[C@@H](Cc1ccc(O)cc1)C2=O. The largest absolute Gasteiger partial charge is 0.508 e. The molecule has 3 rings (SSSR count). The summed E-state index contributed by atoms with van der Waals surface area (Å²) in [6.45, 7) is 10.4. The Balaban J connectivity index is 1.97. The molecule has 0 aliphatic carbocycles. The molecule has 1 aliphatic rings. The highest BCUT2D eigenvalue weighted by atomic mass is 16.5. The maximum absolute atomic E-state index is 13.5. The Hall–Kier alpha value is -3.47. The molecule has 0 spiro atoms. The summed E-state index contributed by atoms with van der Waals surface area (Å²) in [5, 5.41) is 31.5. The Morgan fingerprint density at radius 2 is 1.53 bits per heavy atom. The number of carbonyl (C=O) groups excluding carboxylic acids is 1. The van der Waals surface area contributed by atoms with Crippen molar-refractivity contribution in [1.29, 1.82) is 0 Å². The monoisotopic (exact) mass is 490 g/mol. The molecule has 0 unspecified atom stereocenters. The Labute approximate surface area is 214 Å². The molecule has 2 aromatic rings. The summed E-state index contributed by atoms with van der Waals surface area (Å²) in [6, 6.07) is 6.70. The fourth-order valence-electron chi connectivity index (χ4n) is 4.43. The third-order valence-corrected chi connectivity index (χ3v) is 6.54. The lowest BCUT2D eigenvalue weighted by Crippen LogP contribution is -2.30. The fourth-order valence-corrected chi connectivity index (χ4v) is 4.43.